The molecule has 3 aromatic heterocycles. The standard InChI is InChI=1S/C46H25Cl2NO3/c47-30-10-14-35-42(24-30)51-39-19-16-34-33(44(35)39)17-20-40-45(34)36-15-18-37(48)43(46(36)52-40)25-7-11-31(12-8-25)49-32-13-9-26-21-29(6-5-27(26)22-32)41-23-28-3-1-2-4-38(28)50-41/h1-24,49H. The van der Waals surface area contributed by atoms with Gasteiger partial charge in [0.1, 0.15) is 33.7 Å². The molecule has 0 saturated heterocycles. The average molecular weight is 711 g/mol. The molecule has 11 rings (SSSR count). The maximum atomic E-state index is 6.92. The zero-order chi connectivity index (χ0) is 34.5. The van der Waals surface area contributed by atoms with Gasteiger partial charge in [-0.3, -0.25) is 0 Å². The molecule has 4 nitrogen and oxygen atoms in total. The monoisotopic (exact) mass is 709 g/mol. The molecule has 0 amide bonds. The van der Waals surface area contributed by atoms with Crippen molar-refractivity contribution in [3.05, 3.63) is 156 Å². The molecule has 0 aliphatic rings. The number of hydrogen-bond acceptors (Lipinski definition) is 4. The van der Waals surface area contributed by atoms with Crippen molar-refractivity contribution >= 4 is 111 Å². The Labute approximate surface area is 306 Å². The van der Waals surface area contributed by atoms with E-state index in [1.165, 1.54) is 0 Å². The van der Waals surface area contributed by atoms with Gasteiger partial charge in [-0.05, 0) is 118 Å². The molecule has 0 radical (unpaired) electrons. The number of para-hydroxylation sites is 1. The van der Waals surface area contributed by atoms with Crippen LogP contribution < -0.4 is 5.32 Å². The second-order valence-electron chi connectivity index (χ2n) is 13.2. The number of nitrogens with one attached hydrogen (secondary N) is 1. The summed E-state index contributed by atoms with van der Waals surface area (Å²) in [6.07, 6.45) is 0. The highest BCUT2D eigenvalue weighted by atomic mass is 35.5. The lowest BCUT2D eigenvalue weighted by Gasteiger charge is -2.10. The summed E-state index contributed by atoms with van der Waals surface area (Å²) in [5.41, 5.74) is 8.93. The Hall–Kier alpha value is -6.20. The first-order valence-corrected chi connectivity index (χ1v) is 17.8. The van der Waals surface area contributed by atoms with Crippen LogP contribution >= 0.6 is 23.2 Å². The minimum atomic E-state index is 0.633. The first kappa shape index (κ1) is 29.5. The van der Waals surface area contributed by atoms with Crippen LogP contribution in [-0.4, -0.2) is 0 Å². The number of anilines is 2. The van der Waals surface area contributed by atoms with Crippen LogP contribution in [0.4, 0.5) is 11.4 Å². The van der Waals surface area contributed by atoms with Gasteiger partial charge in [-0.15, -0.1) is 0 Å². The maximum Gasteiger partial charge on any atom is 0.144 e. The molecule has 0 aliphatic carbocycles. The van der Waals surface area contributed by atoms with Crippen molar-refractivity contribution in [2.24, 2.45) is 0 Å². The normalized spacial score (nSPS) is 12.0. The van der Waals surface area contributed by atoms with Gasteiger partial charge in [0.05, 0.1) is 5.02 Å². The van der Waals surface area contributed by atoms with Crippen LogP contribution in [0.25, 0.3) is 98.8 Å². The molecule has 52 heavy (non-hydrogen) atoms. The molecule has 0 aliphatic heterocycles. The minimum Gasteiger partial charge on any atom is -0.456 e. The second-order valence-corrected chi connectivity index (χ2v) is 14.1. The van der Waals surface area contributed by atoms with Gasteiger partial charge in [0.2, 0.25) is 0 Å². The van der Waals surface area contributed by atoms with Gasteiger partial charge in [-0.1, -0.05) is 71.7 Å². The number of fused-ring (bicyclic) bond motifs is 11. The first-order valence-electron chi connectivity index (χ1n) is 17.0. The highest BCUT2D eigenvalue weighted by molar-refractivity contribution is 6.36. The van der Waals surface area contributed by atoms with Crippen molar-refractivity contribution in [2.75, 3.05) is 5.32 Å². The molecule has 8 aromatic carbocycles. The quantitative estimate of drug-likeness (QED) is 0.198. The largest absolute Gasteiger partial charge is 0.456 e. The van der Waals surface area contributed by atoms with E-state index in [0.29, 0.717) is 10.0 Å². The van der Waals surface area contributed by atoms with Crippen molar-refractivity contribution in [3.8, 4) is 22.5 Å². The van der Waals surface area contributed by atoms with Gasteiger partial charge in [-0.2, -0.15) is 0 Å². The lowest BCUT2D eigenvalue weighted by molar-refractivity contribution is 0.631. The first-order chi connectivity index (χ1) is 25.5. The van der Waals surface area contributed by atoms with Gasteiger partial charge in [0, 0.05) is 60.5 Å². The fourth-order valence-corrected chi connectivity index (χ4v) is 8.15. The molecule has 3 heterocycles. The van der Waals surface area contributed by atoms with Crippen molar-refractivity contribution in [1.82, 2.24) is 0 Å². The molecule has 0 bridgehead atoms. The molecule has 0 fully saturated rings. The van der Waals surface area contributed by atoms with Crippen LogP contribution in [-0.2, 0) is 0 Å². The Kier molecular flexibility index (Phi) is 6.33. The predicted octanol–water partition coefficient (Wildman–Crippen LogP) is 14.9. The second kappa shape index (κ2) is 11.1. The van der Waals surface area contributed by atoms with E-state index in [9.17, 15) is 0 Å². The fraction of sp³-hybridized carbons (Fsp3) is 0. The zero-order valence-electron chi connectivity index (χ0n) is 27.3. The summed E-state index contributed by atoms with van der Waals surface area (Å²) in [4.78, 5) is 0. The Morgan fingerprint density at radius 3 is 1.96 bits per heavy atom. The topological polar surface area (TPSA) is 51.5 Å². The van der Waals surface area contributed by atoms with E-state index in [1.807, 2.05) is 54.6 Å². The van der Waals surface area contributed by atoms with E-state index in [2.05, 4.69) is 96.3 Å². The Morgan fingerprint density at radius 2 is 1.12 bits per heavy atom. The number of furan rings is 3. The van der Waals surface area contributed by atoms with Gasteiger partial charge < -0.3 is 18.6 Å². The van der Waals surface area contributed by atoms with E-state index in [1.54, 1.807) is 0 Å². The van der Waals surface area contributed by atoms with Gasteiger partial charge >= 0.3 is 0 Å². The molecule has 0 saturated carbocycles. The molecule has 11 aromatic rings. The Balaban J connectivity index is 0.934. The minimum absolute atomic E-state index is 0.633. The number of rotatable bonds is 4. The van der Waals surface area contributed by atoms with Crippen LogP contribution in [0, 0.1) is 0 Å². The summed E-state index contributed by atoms with van der Waals surface area (Å²) in [7, 11) is 0. The number of halogens is 2. The summed E-state index contributed by atoms with van der Waals surface area (Å²) < 4.78 is 18.9. The van der Waals surface area contributed by atoms with Crippen LogP contribution in [0.3, 0.4) is 0 Å². The van der Waals surface area contributed by atoms with Gasteiger partial charge in [-0.25, -0.2) is 0 Å². The SMILES string of the molecule is Clc1ccc2c(c1)oc1ccc3c(ccc4oc5c(-c6ccc(Nc7ccc8cc(-c9cc%10ccccc%10o9)ccc8c7)cc6)c(Cl)ccc5c43)c12. The molecule has 0 spiro atoms. The lowest BCUT2D eigenvalue weighted by Crippen LogP contribution is -1.91. The van der Waals surface area contributed by atoms with Crippen LogP contribution in [0.15, 0.2) is 159 Å². The molecule has 1 N–H and O–H groups in total. The van der Waals surface area contributed by atoms with E-state index in [-0.39, 0.29) is 0 Å². The lowest BCUT2D eigenvalue weighted by atomic mass is 9.97. The zero-order valence-corrected chi connectivity index (χ0v) is 28.8. The highest BCUT2D eigenvalue weighted by Crippen LogP contribution is 2.45. The van der Waals surface area contributed by atoms with Crippen molar-refractivity contribution in [2.45, 2.75) is 0 Å². The summed E-state index contributed by atoms with van der Waals surface area (Å²) in [6.45, 7) is 0. The van der Waals surface area contributed by atoms with Crippen molar-refractivity contribution in [3.63, 3.8) is 0 Å². The summed E-state index contributed by atoms with van der Waals surface area (Å²) in [6, 6.07) is 49.4. The molecule has 6 heteroatoms. The Bertz CT molecular complexity index is 3210. The number of benzene rings is 8. The average Bonchev–Trinajstić information content (AvgIpc) is 3.88. The summed E-state index contributed by atoms with van der Waals surface area (Å²) in [5.74, 6) is 0.868. The maximum absolute atomic E-state index is 6.92. The van der Waals surface area contributed by atoms with Gasteiger partial charge in [0.15, 0.2) is 0 Å². The molecule has 246 valence electrons. The molecule has 0 atom stereocenters. The van der Waals surface area contributed by atoms with E-state index >= 15 is 0 Å². The number of hydrogen-bond donors (Lipinski definition) is 1. The third kappa shape index (κ3) is 4.55. The Morgan fingerprint density at radius 1 is 0.423 bits per heavy atom. The predicted molar refractivity (Wildman–Crippen MR) is 216 cm³/mol. The molecular weight excluding hydrogens is 685 g/mol. The summed E-state index contributed by atoms with van der Waals surface area (Å²) >= 11 is 13.2. The van der Waals surface area contributed by atoms with Crippen LogP contribution in [0.1, 0.15) is 0 Å². The summed E-state index contributed by atoms with van der Waals surface area (Å²) in [5, 5.41) is 14.6. The third-order valence-electron chi connectivity index (χ3n) is 10.2. The fourth-order valence-electron chi connectivity index (χ4n) is 7.73. The van der Waals surface area contributed by atoms with E-state index < -0.39 is 0 Å². The molecule has 0 unspecified atom stereocenters. The van der Waals surface area contributed by atoms with E-state index in [4.69, 9.17) is 36.5 Å². The molecular formula is C46H25Cl2NO3. The van der Waals surface area contributed by atoms with Gasteiger partial charge in [0.25, 0.3) is 0 Å². The van der Waals surface area contributed by atoms with E-state index in [0.717, 1.165) is 110 Å². The highest BCUT2D eigenvalue weighted by Gasteiger charge is 2.20. The van der Waals surface area contributed by atoms with Crippen molar-refractivity contribution < 1.29 is 13.3 Å². The third-order valence-corrected chi connectivity index (χ3v) is 10.7. The smallest absolute Gasteiger partial charge is 0.144 e. The van der Waals surface area contributed by atoms with Crippen LogP contribution in [0.5, 0.6) is 0 Å². The van der Waals surface area contributed by atoms with Crippen molar-refractivity contribution in [1.29, 1.82) is 0 Å². The van der Waals surface area contributed by atoms with Crippen LogP contribution in [0.2, 0.25) is 10.0 Å².